The first kappa shape index (κ1) is 24.0. The molecule has 0 saturated heterocycles. The van der Waals surface area contributed by atoms with Crippen molar-refractivity contribution in [3.05, 3.63) is 12.2 Å². The van der Waals surface area contributed by atoms with Crippen molar-refractivity contribution in [2.45, 2.75) is 87.5 Å². The van der Waals surface area contributed by atoms with Gasteiger partial charge in [0.2, 0.25) is 0 Å². The van der Waals surface area contributed by atoms with Gasteiger partial charge in [0, 0.05) is 10.8 Å². The first-order chi connectivity index (χ1) is 13.6. The zero-order chi connectivity index (χ0) is 22.1. The van der Waals surface area contributed by atoms with E-state index in [0.717, 1.165) is 19.3 Å². The van der Waals surface area contributed by atoms with Crippen LogP contribution in [0.15, 0.2) is 12.2 Å². The van der Waals surface area contributed by atoms with Crippen LogP contribution in [0.25, 0.3) is 0 Å². The minimum absolute atomic E-state index is 0.210. The molecule has 0 heterocycles. The highest BCUT2D eigenvalue weighted by Crippen LogP contribution is 2.80. The maximum atomic E-state index is 13.9. The Balaban J connectivity index is 2.71. The largest absolute Gasteiger partial charge is 0.465 e. The summed E-state index contributed by atoms with van der Waals surface area (Å²) in [7, 11) is 0. The lowest BCUT2D eigenvalue weighted by Gasteiger charge is -2.54. The van der Waals surface area contributed by atoms with Gasteiger partial charge < -0.3 is 9.47 Å². The number of allylic oxidation sites excluding steroid dienone is 2. The van der Waals surface area contributed by atoms with E-state index in [9.17, 15) is 9.59 Å². The molecule has 4 atom stereocenters. The van der Waals surface area contributed by atoms with Gasteiger partial charge in [-0.25, -0.2) is 0 Å². The molecule has 0 spiro atoms. The zero-order valence-electron chi connectivity index (χ0n) is 19.9. The number of fused-ring (bicyclic) bond motifs is 2. The van der Waals surface area contributed by atoms with E-state index in [0.29, 0.717) is 26.1 Å². The molecule has 4 nitrogen and oxygen atoms in total. The molecule has 0 aromatic heterocycles. The van der Waals surface area contributed by atoms with Gasteiger partial charge in [0.1, 0.15) is 0 Å². The van der Waals surface area contributed by atoms with E-state index in [2.05, 4.69) is 26.0 Å². The van der Waals surface area contributed by atoms with Crippen molar-refractivity contribution in [1.29, 1.82) is 0 Å². The third-order valence-electron chi connectivity index (χ3n) is 7.90. The summed E-state index contributed by atoms with van der Waals surface area (Å²) in [5, 5.41) is 0. The first-order valence-electron chi connectivity index (χ1n) is 11.6. The summed E-state index contributed by atoms with van der Waals surface area (Å²) in [5.41, 5.74) is -2.51. The number of carbonyl (C=O) groups excluding carboxylic acids is 2. The fourth-order valence-electron chi connectivity index (χ4n) is 6.61. The minimum Gasteiger partial charge on any atom is -0.465 e. The molecule has 2 bridgehead atoms. The maximum absolute atomic E-state index is 13.9. The van der Waals surface area contributed by atoms with E-state index in [1.165, 1.54) is 0 Å². The number of ether oxygens (including phenoxy) is 2. The molecule has 2 aliphatic rings. The first-order valence-corrected chi connectivity index (χ1v) is 11.6. The van der Waals surface area contributed by atoms with Gasteiger partial charge >= 0.3 is 11.9 Å². The Labute approximate surface area is 177 Å². The second kappa shape index (κ2) is 8.43. The molecule has 0 aromatic carbocycles. The fraction of sp³-hybridized carbons (Fsp3) is 0.840. The Hall–Kier alpha value is -1.32. The van der Waals surface area contributed by atoms with E-state index < -0.39 is 10.8 Å². The highest BCUT2D eigenvalue weighted by atomic mass is 16.5. The molecule has 0 radical (unpaired) electrons. The van der Waals surface area contributed by atoms with Crippen LogP contribution in [0, 0.1) is 33.5 Å². The van der Waals surface area contributed by atoms with E-state index >= 15 is 0 Å². The second-order valence-corrected chi connectivity index (χ2v) is 10.0. The third kappa shape index (κ3) is 3.08. The third-order valence-corrected chi connectivity index (χ3v) is 7.90. The monoisotopic (exact) mass is 406 g/mol. The Morgan fingerprint density at radius 3 is 1.31 bits per heavy atom. The molecular formula is C25H42O4. The van der Waals surface area contributed by atoms with Crippen molar-refractivity contribution >= 4 is 11.9 Å². The molecule has 2 aliphatic carbocycles. The quantitative estimate of drug-likeness (QED) is 0.332. The van der Waals surface area contributed by atoms with Crippen molar-refractivity contribution < 1.29 is 19.1 Å². The molecule has 1 saturated carbocycles. The van der Waals surface area contributed by atoms with Gasteiger partial charge in [0.25, 0.3) is 0 Å². The summed E-state index contributed by atoms with van der Waals surface area (Å²) in [4.78, 5) is 27.7. The highest BCUT2D eigenvalue weighted by Gasteiger charge is 2.82. The SMILES string of the molecule is CCC1(C(=O)OCC(C)C)C(CC)(C(=O)OCC(C)C)[C@]2(CC)C=C[C@]1(CC)C2. The van der Waals surface area contributed by atoms with Crippen molar-refractivity contribution in [2.24, 2.45) is 33.5 Å². The molecule has 0 N–H and O–H groups in total. The number of hydrogen-bond acceptors (Lipinski definition) is 4. The lowest BCUT2D eigenvalue weighted by Crippen LogP contribution is -2.61. The molecule has 1 fully saturated rings. The van der Waals surface area contributed by atoms with E-state index in [4.69, 9.17) is 9.47 Å². The summed E-state index contributed by atoms with van der Waals surface area (Å²) in [6.07, 6.45) is 8.08. The van der Waals surface area contributed by atoms with Crippen LogP contribution in [0.3, 0.4) is 0 Å². The smallest absolute Gasteiger partial charge is 0.314 e. The van der Waals surface area contributed by atoms with E-state index in [1.54, 1.807) is 0 Å². The van der Waals surface area contributed by atoms with Crippen molar-refractivity contribution in [3.8, 4) is 0 Å². The van der Waals surface area contributed by atoms with Crippen molar-refractivity contribution in [3.63, 3.8) is 0 Å². The molecule has 4 heteroatoms. The Kier molecular flexibility index (Phi) is 6.96. The Morgan fingerprint density at radius 1 is 0.724 bits per heavy atom. The van der Waals surface area contributed by atoms with Gasteiger partial charge in [0.05, 0.1) is 24.0 Å². The number of esters is 2. The molecule has 29 heavy (non-hydrogen) atoms. The molecule has 2 unspecified atom stereocenters. The number of rotatable bonds is 10. The van der Waals surface area contributed by atoms with Gasteiger partial charge in [-0.1, -0.05) is 67.5 Å². The van der Waals surface area contributed by atoms with Crippen LogP contribution in [-0.2, 0) is 19.1 Å². The van der Waals surface area contributed by atoms with Crippen LogP contribution < -0.4 is 0 Å². The number of hydrogen-bond donors (Lipinski definition) is 0. The van der Waals surface area contributed by atoms with Crippen LogP contribution in [0.2, 0.25) is 0 Å². The predicted octanol–water partition coefficient (Wildman–Crippen LogP) is 5.94. The van der Waals surface area contributed by atoms with Crippen LogP contribution in [0.5, 0.6) is 0 Å². The van der Waals surface area contributed by atoms with Gasteiger partial charge in [-0.3, -0.25) is 9.59 Å². The molecule has 166 valence electrons. The van der Waals surface area contributed by atoms with Gasteiger partial charge in [-0.2, -0.15) is 0 Å². The second-order valence-electron chi connectivity index (χ2n) is 10.0. The summed E-state index contributed by atoms with van der Waals surface area (Å²) in [5.74, 6) is 0.0874. The Bertz CT molecular complexity index is 597. The maximum Gasteiger partial charge on any atom is 0.314 e. The standard InChI is InChI=1S/C25H42O4/c1-9-22-13-14-23(10-2,17-22)25(12-4,21(27)29-16-19(7)8)24(22,11-3)20(26)28-15-18(5)6/h13-14,18-19H,9-12,15-17H2,1-8H3/t22-,23-,24?,25?/m1/s1. The van der Waals surface area contributed by atoms with E-state index in [1.807, 2.05) is 41.5 Å². The van der Waals surface area contributed by atoms with Crippen LogP contribution in [0.4, 0.5) is 0 Å². The lowest BCUT2D eigenvalue weighted by atomic mass is 9.47. The van der Waals surface area contributed by atoms with Crippen molar-refractivity contribution in [2.75, 3.05) is 13.2 Å². The average molecular weight is 407 g/mol. The molecular weight excluding hydrogens is 364 g/mol. The van der Waals surface area contributed by atoms with E-state index in [-0.39, 0.29) is 34.6 Å². The lowest BCUT2D eigenvalue weighted by molar-refractivity contribution is -0.196. The van der Waals surface area contributed by atoms with Gasteiger partial charge in [-0.05, 0) is 43.9 Å². The van der Waals surface area contributed by atoms with Crippen molar-refractivity contribution in [1.82, 2.24) is 0 Å². The number of carbonyl (C=O) groups is 2. The van der Waals surface area contributed by atoms with Gasteiger partial charge in [-0.15, -0.1) is 0 Å². The van der Waals surface area contributed by atoms with Crippen LogP contribution in [0.1, 0.15) is 87.5 Å². The summed E-state index contributed by atoms with van der Waals surface area (Å²) in [6, 6.07) is 0. The fourth-order valence-corrected chi connectivity index (χ4v) is 6.61. The normalized spacial score (nSPS) is 35.5. The zero-order valence-corrected chi connectivity index (χ0v) is 19.9. The Morgan fingerprint density at radius 2 is 1.07 bits per heavy atom. The topological polar surface area (TPSA) is 52.6 Å². The van der Waals surface area contributed by atoms with Crippen LogP contribution in [-0.4, -0.2) is 25.2 Å². The highest BCUT2D eigenvalue weighted by molar-refractivity contribution is 5.93. The molecule has 0 aliphatic heterocycles. The average Bonchev–Trinajstić information content (AvgIpc) is 3.19. The minimum atomic E-state index is -0.892. The molecule has 0 aromatic rings. The van der Waals surface area contributed by atoms with Crippen LogP contribution >= 0.6 is 0 Å². The summed E-state index contributed by atoms with van der Waals surface area (Å²) in [6.45, 7) is 17.3. The molecule has 0 amide bonds. The summed E-state index contributed by atoms with van der Waals surface area (Å²) >= 11 is 0. The molecule has 2 rings (SSSR count). The predicted molar refractivity (Wildman–Crippen MR) is 116 cm³/mol. The summed E-state index contributed by atoms with van der Waals surface area (Å²) < 4.78 is 11.8. The van der Waals surface area contributed by atoms with Gasteiger partial charge in [0.15, 0.2) is 0 Å².